The molecule has 0 saturated heterocycles. The molecule has 4 nitrogen and oxygen atoms in total. The van der Waals surface area contributed by atoms with Crippen molar-refractivity contribution in [3.05, 3.63) is 38.0 Å². The molecule has 0 saturated carbocycles. The minimum absolute atomic E-state index is 0.513. The van der Waals surface area contributed by atoms with E-state index in [9.17, 15) is 5.11 Å². The lowest BCUT2D eigenvalue weighted by Crippen LogP contribution is -2.01. The Kier molecular flexibility index (Phi) is 5.13. The second-order valence-electron chi connectivity index (χ2n) is 4.47. The summed E-state index contributed by atoms with van der Waals surface area (Å²) >= 11 is 4.98. The molecule has 0 aliphatic heterocycles. The van der Waals surface area contributed by atoms with Gasteiger partial charge in [0.15, 0.2) is 11.5 Å². The monoisotopic (exact) mass is 372 g/mol. The Morgan fingerprint density at radius 2 is 1.62 bits per heavy atom. The number of aryl methyl sites for hydroxylation is 1. The van der Waals surface area contributed by atoms with Crippen LogP contribution in [-0.4, -0.2) is 26.4 Å². The van der Waals surface area contributed by atoms with Crippen molar-refractivity contribution in [2.24, 2.45) is 0 Å². The maximum Gasteiger partial charge on any atom is 0.203 e. The maximum absolute atomic E-state index is 10.6. The molecule has 0 spiro atoms. The van der Waals surface area contributed by atoms with Gasteiger partial charge in [-0.3, -0.25) is 0 Å². The Morgan fingerprint density at radius 1 is 1.05 bits per heavy atom. The largest absolute Gasteiger partial charge is 0.493 e. The van der Waals surface area contributed by atoms with Gasteiger partial charge in [-0.25, -0.2) is 0 Å². The fourth-order valence-electron chi connectivity index (χ4n) is 2.04. The standard InChI is InChI=1S/C15H17BrO4S/c1-8-5-12(21-15(8)16)13(17)9-6-10(18-2)14(20-4)11(7-9)19-3/h5-7,13,17H,1-4H3. The summed E-state index contributed by atoms with van der Waals surface area (Å²) in [6, 6.07) is 5.48. The minimum Gasteiger partial charge on any atom is -0.493 e. The van der Waals surface area contributed by atoms with Crippen LogP contribution in [0.4, 0.5) is 0 Å². The molecule has 0 radical (unpaired) electrons. The third-order valence-electron chi connectivity index (χ3n) is 3.15. The first kappa shape index (κ1) is 16.1. The van der Waals surface area contributed by atoms with Crippen LogP contribution < -0.4 is 14.2 Å². The Bertz CT molecular complexity index is 594. The molecule has 1 atom stereocenters. The van der Waals surface area contributed by atoms with E-state index in [4.69, 9.17) is 14.2 Å². The molecule has 114 valence electrons. The summed E-state index contributed by atoms with van der Waals surface area (Å²) in [4.78, 5) is 0.855. The lowest BCUT2D eigenvalue weighted by Gasteiger charge is -2.16. The topological polar surface area (TPSA) is 47.9 Å². The van der Waals surface area contributed by atoms with Crippen molar-refractivity contribution in [1.82, 2.24) is 0 Å². The number of aliphatic hydroxyl groups is 1. The number of ether oxygens (including phenoxy) is 3. The molecular formula is C15H17BrO4S. The zero-order valence-corrected chi connectivity index (χ0v) is 14.7. The van der Waals surface area contributed by atoms with Crippen LogP contribution in [0.5, 0.6) is 17.2 Å². The van der Waals surface area contributed by atoms with Crippen molar-refractivity contribution < 1.29 is 19.3 Å². The highest BCUT2D eigenvalue weighted by atomic mass is 79.9. The highest BCUT2D eigenvalue weighted by molar-refractivity contribution is 9.11. The van der Waals surface area contributed by atoms with E-state index in [0.29, 0.717) is 22.8 Å². The average molecular weight is 373 g/mol. The van der Waals surface area contributed by atoms with E-state index < -0.39 is 6.10 Å². The molecule has 0 aliphatic rings. The summed E-state index contributed by atoms with van der Waals surface area (Å²) in [5.41, 5.74) is 1.79. The van der Waals surface area contributed by atoms with Crippen LogP contribution in [0.25, 0.3) is 0 Å². The first-order valence-corrected chi connectivity index (χ1v) is 7.86. The van der Waals surface area contributed by atoms with Crippen molar-refractivity contribution in [2.75, 3.05) is 21.3 Å². The zero-order valence-electron chi connectivity index (χ0n) is 12.3. The van der Waals surface area contributed by atoms with Gasteiger partial charge in [0.2, 0.25) is 5.75 Å². The van der Waals surface area contributed by atoms with Crippen molar-refractivity contribution in [3.8, 4) is 17.2 Å². The number of thiophene rings is 1. The molecule has 2 aromatic rings. The third-order valence-corrected chi connectivity index (χ3v) is 5.34. The van der Waals surface area contributed by atoms with Gasteiger partial charge in [0, 0.05) is 4.88 Å². The summed E-state index contributed by atoms with van der Waals surface area (Å²) < 4.78 is 16.9. The predicted molar refractivity (Wildman–Crippen MR) is 86.9 cm³/mol. The SMILES string of the molecule is COc1cc(C(O)c2cc(C)c(Br)s2)cc(OC)c1OC. The Hall–Kier alpha value is -1.24. The van der Waals surface area contributed by atoms with Crippen LogP contribution in [0.2, 0.25) is 0 Å². The van der Waals surface area contributed by atoms with E-state index in [0.717, 1.165) is 14.2 Å². The second kappa shape index (κ2) is 6.68. The van der Waals surface area contributed by atoms with Crippen LogP contribution in [-0.2, 0) is 0 Å². The number of methoxy groups -OCH3 is 3. The fourth-order valence-corrected chi connectivity index (χ4v) is 3.63. The number of benzene rings is 1. The summed E-state index contributed by atoms with van der Waals surface area (Å²) in [5, 5.41) is 10.6. The molecule has 1 aromatic carbocycles. The smallest absolute Gasteiger partial charge is 0.203 e. The molecule has 0 amide bonds. The first-order chi connectivity index (χ1) is 10.0. The molecule has 2 rings (SSSR count). The van der Waals surface area contributed by atoms with Gasteiger partial charge in [-0.15, -0.1) is 11.3 Å². The second-order valence-corrected chi connectivity index (χ2v) is 6.87. The van der Waals surface area contributed by atoms with Crippen molar-refractivity contribution in [2.45, 2.75) is 13.0 Å². The van der Waals surface area contributed by atoms with Crippen LogP contribution in [0.1, 0.15) is 22.1 Å². The Balaban J connectivity index is 2.48. The molecule has 1 unspecified atom stereocenters. The quantitative estimate of drug-likeness (QED) is 0.863. The van der Waals surface area contributed by atoms with Crippen LogP contribution in [0.3, 0.4) is 0 Å². The maximum atomic E-state index is 10.6. The Labute approximate surface area is 136 Å². The third kappa shape index (κ3) is 3.17. The van der Waals surface area contributed by atoms with E-state index in [1.165, 1.54) is 11.3 Å². The Morgan fingerprint density at radius 3 is 2.00 bits per heavy atom. The molecule has 0 aliphatic carbocycles. The van der Waals surface area contributed by atoms with Gasteiger partial charge in [-0.2, -0.15) is 0 Å². The summed E-state index contributed by atoms with van der Waals surface area (Å²) in [5.74, 6) is 1.57. The first-order valence-electron chi connectivity index (χ1n) is 6.25. The van der Waals surface area contributed by atoms with E-state index >= 15 is 0 Å². The van der Waals surface area contributed by atoms with Crippen molar-refractivity contribution in [1.29, 1.82) is 0 Å². The number of aliphatic hydroxyl groups excluding tert-OH is 1. The highest BCUT2D eigenvalue weighted by Gasteiger charge is 2.20. The van der Waals surface area contributed by atoms with Gasteiger partial charge in [-0.1, -0.05) is 0 Å². The molecule has 0 bridgehead atoms. The number of rotatable bonds is 5. The molecular weight excluding hydrogens is 356 g/mol. The predicted octanol–water partition coefficient (Wildman–Crippen LogP) is 3.93. The van der Waals surface area contributed by atoms with Gasteiger partial charge < -0.3 is 19.3 Å². The summed E-state index contributed by atoms with van der Waals surface area (Å²) in [6.45, 7) is 1.99. The lowest BCUT2D eigenvalue weighted by atomic mass is 10.1. The molecule has 1 aromatic heterocycles. The molecule has 1 N–H and O–H groups in total. The minimum atomic E-state index is -0.742. The van der Waals surface area contributed by atoms with E-state index in [1.807, 2.05) is 13.0 Å². The number of hydrogen-bond donors (Lipinski definition) is 1. The zero-order chi connectivity index (χ0) is 15.6. The average Bonchev–Trinajstić information content (AvgIpc) is 2.84. The van der Waals surface area contributed by atoms with E-state index in [1.54, 1.807) is 33.5 Å². The van der Waals surface area contributed by atoms with E-state index in [2.05, 4.69) is 15.9 Å². The van der Waals surface area contributed by atoms with Crippen LogP contribution >= 0.6 is 27.3 Å². The van der Waals surface area contributed by atoms with Crippen LogP contribution in [0.15, 0.2) is 22.0 Å². The van der Waals surface area contributed by atoms with Crippen molar-refractivity contribution in [3.63, 3.8) is 0 Å². The summed E-state index contributed by atoms with van der Waals surface area (Å²) in [6.07, 6.45) is -0.742. The van der Waals surface area contributed by atoms with Crippen LogP contribution in [0, 0.1) is 6.92 Å². The van der Waals surface area contributed by atoms with Gasteiger partial charge in [-0.05, 0) is 52.2 Å². The molecule has 1 heterocycles. The molecule has 0 fully saturated rings. The van der Waals surface area contributed by atoms with E-state index in [-0.39, 0.29) is 0 Å². The molecule has 21 heavy (non-hydrogen) atoms. The number of hydrogen-bond acceptors (Lipinski definition) is 5. The lowest BCUT2D eigenvalue weighted by molar-refractivity contribution is 0.222. The fraction of sp³-hybridized carbons (Fsp3) is 0.333. The normalized spacial score (nSPS) is 12.1. The van der Waals surface area contributed by atoms with Gasteiger partial charge in [0.25, 0.3) is 0 Å². The van der Waals surface area contributed by atoms with Gasteiger partial charge in [0.05, 0.1) is 25.1 Å². The van der Waals surface area contributed by atoms with Gasteiger partial charge >= 0.3 is 0 Å². The van der Waals surface area contributed by atoms with Crippen molar-refractivity contribution >= 4 is 27.3 Å². The number of halogens is 1. The summed E-state index contributed by atoms with van der Waals surface area (Å²) in [7, 11) is 4.66. The highest BCUT2D eigenvalue weighted by Crippen LogP contribution is 2.42. The van der Waals surface area contributed by atoms with Gasteiger partial charge in [0.1, 0.15) is 6.10 Å². The molecule has 6 heteroatoms.